The molecule has 1 unspecified atom stereocenters. The number of ether oxygens (including phenoxy) is 1. The van der Waals surface area contributed by atoms with Crippen molar-refractivity contribution in [3.8, 4) is 0 Å². The predicted molar refractivity (Wildman–Crippen MR) is 54.7 cm³/mol. The van der Waals surface area contributed by atoms with Crippen LogP contribution in [0.15, 0.2) is 0 Å². The summed E-state index contributed by atoms with van der Waals surface area (Å²) < 4.78 is 30.4. The lowest BCUT2D eigenvalue weighted by Crippen LogP contribution is -2.45. The maximum absolute atomic E-state index is 13.0. The fraction of sp³-hybridized carbons (Fsp3) is 0.818. The molecule has 0 saturated heterocycles. The molecular weight excluding hydrogens is 232 g/mol. The number of alkyl halides is 2. The van der Waals surface area contributed by atoms with Crippen LogP contribution in [0.25, 0.3) is 0 Å². The Kier molecular flexibility index (Phi) is 2.83. The molecular formula is C11H15F2NO3. The van der Waals surface area contributed by atoms with Crippen LogP contribution >= 0.6 is 0 Å². The lowest BCUT2D eigenvalue weighted by Gasteiger charge is -2.23. The third-order valence-corrected chi connectivity index (χ3v) is 3.85. The molecule has 2 fully saturated rings. The first kappa shape index (κ1) is 12.3. The van der Waals surface area contributed by atoms with Crippen LogP contribution in [0.1, 0.15) is 19.8 Å². The van der Waals surface area contributed by atoms with E-state index >= 15 is 0 Å². The molecule has 1 N–H and O–H groups in total. The minimum atomic E-state index is -2.55. The number of Topliss-reactive ketones (excluding diaryl/α,β-unsaturated/α-hetero) is 1. The van der Waals surface area contributed by atoms with Crippen LogP contribution in [0.3, 0.4) is 0 Å². The first-order valence-electron chi connectivity index (χ1n) is 5.60. The molecule has 2 aliphatic carbocycles. The summed E-state index contributed by atoms with van der Waals surface area (Å²) in [6.45, 7) is 1.35. The van der Waals surface area contributed by atoms with Gasteiger partial charge < -0.3 is 10.1 Å². The molecule has 4 nitrogen and oxygen atoms in total. The summed E-state index contributed by atoms with van der Waals surface area (Å²) in [5.41, 5.74) is 0. The third-order valence-electron chi connectivity index (χ3n) is 3.85. The predicted octanol–water partition coefficient (Wildman–Crippen LogP) is 1.59. The number of hydrogen-bond donors (Lipinski definition) is 1. The molecule has 1 amide bonds. The highest BCUT2D eigenvalue weighted by atomic mass is 19.3. The van der Waals surface area contributed by atoms with E-state index in [1.807, 2.05) is 0 Å². The van der Waals surface area contributed by atoms with Gasteiger partial charge in [0.15, 0.2) is 5.78 Å². The van der Waals surface area contributed by atoms with Gasteiger partial charge in [0.2, 0.25) is 0 Å². The van der Waals surface area contributed by atoms with Crippen LogP contribution in [-0.2, 0) is 9.53 Å². The summed E-state index contributed by atoms with van der Waals surface area (Å²) in [5.74, 6) is -4.17. The number of carbonyl (C=O) groups excluding carboxylic acids is 2. The molecule has 6 heteroatoms. The summed E-state index contributed by atoms with van der Waals surface area (Å²) in [6.07, 6.45) is -0.102. The van der Waals surface area contributed by atoms with Crippen molar-refractivity contribution in [3.63, 3.8) is 0 Å². The quantitative estimate of drug-likeness (QED) is 0.824. The van der Waals surface area contributed by atoms with Crippen LogP contribution in [0.4, 0.5) is 13.6 Å². The third kappa shape index (κ3) is 2.00. The van der Waals surface area contributed by atoms with Crippen molar-refractivity contribution in [1.82, 2.24) is 5.32 Å². The molecule has 0 aromatic carbocycles. The number of halogens is 2. The van der Waals surface area contributed by atoms with Crippen molar-refractivity contribution in [1.29, 1.82) is 0 Å². The van der Waals surface area contributed by atoms with E-state index in [0.29, 0.717) is 12.8 Å². The van der Waals surface area contributed by atoms with E-state index in [-0.39, 0.29) is 11.7 Å². The van der Waals surface area contributed by atoms with Crippen LogP contribution in [0.5, 0.6) is 0 Å². The Morgan fingerprint density at radius 3 is 2.29 bits per heavy atom. The second-order valence-corrected chi connectivity index (χ2v) is 4.84. The monoisotopic (exact) mass is 247 g/mol. The number of carbonyl (C=O) groups is 2. The zero-order chi connectivity index (χ0) is 12.8. The van der Waals surface area contributed by atoms with Crippen molar-refractivity contribution in [2.24, 2.45) is 17.8 Å². The van der Waals surface area contributed by atoms with E-state index < -0.39 is 29.9 Å². The highest BCUT2D eigenvalue weighted by Crippen LogP contribution is 2.66. The minimum absolute atomic E-state index is 0.193. The topological polar surface area (TPSA) is 55.4 Å². The molecule has 96 valence electrons. The van der Waals surface area contributed by atoms with E-state index in [1.54, 1.807) is 0 Å². The minimum Gasteiger partial charge on any atom is -0.453 e. The molecule has 0 aromatic heterocycles. The first-order valence-corrected chi connectivity index (χ1v) is 5.60. The Morgan fingerprint density at radius 1 is 1.35 bits per heavy atom. The van der Waals surface area contributed by atoms with Crippen LogP contribution < -0.4 is 5.32 Å². The number of nitrogens with one attached hydrogen (secondary N) is 1. The van der Waals surface area contributed by atoms with Crippen molar-refractivity contribution in [2.75, 3.05) is 7.11 Å². The molecule has 0 aromatic rings. The summed E-state index contributed by atoms with van der Waals surface area (Å²) in [4.78, 5) is 22.5. The number of amides is 1. The van der Waals surface area contributed by atoms with Gasteiger partial charge in [0, 0.05) is 11.8 Å². The average Bonchev–Trinajstić information content (AvgIpc) is 2.69. The molecule has 2 aliphatic rings. The summed E-state index contributed by atoms with van der Waals surface area (Å²) in [5, 5.41) is 2.42. The fourth-order valence-electron chi connectivity index (χ4n) is 2.86. The van der Waals surface area contributed by atoms with Gasteiger partial charge in [0.05, 0.1) is 13.2 Å². The molecule has 0 bridgehead atoms. The standard InChI is InChI=1S/C11H15F2NO3/c1-5(15)9(14-10(16)17-2)6-3-7-8(4-6)11(7,12)13/h6-9H,3-4H2,1-2H3,(H,14,16)/t6-,7+,8-,9?. The first-order chi connectivity index (χ1) is 7.87. The van der Waals surface area contributed by atoms with Gasteiger partial charge in [-0.05, 0) is 25.7 Å². The number of alkyl carbamates (subject to hydrolysis) is 1. The van der Waals surface area contributed by atoms with Gasteiger partial charge >= 0.3 is 6.09 Å². The Labute approximate surface area is 97.7 Å². The molecule has 17 heavy (non-hydrogen) atoms. The Morgan fingerprint density at radius 2 is 1.88 bits per heavy atom. The fourth-order valence-corrected chi connectivity index (χ4v) is 2.86. The highest BCUT2D eigenvalue weighted by Gasteiger charge is 2.72. The van der Waals surface area contributed by atoms with Gasteiger partial charge in [-0.25, -0.2) is 13.6 Å². The van der Waals surface area contributed by atoms with Crippen LogP contribution in [0, 0.1) is 17.8 Å². The zero-order valence-electron chi connectivity index (χ0n) is 9.70. The average molecular weight is 247 g/mol. The van der Waals surface area contributed by atoms with Gasteiger partial charge in [-0.2, -0.15) is 0 Å². The number of methoxy groups -OCH3 is 1. The van der Waals surface area contributed by atoms with E-state index in [1.165, 1.54) is 14.0 Å². The second kappa shape index (κ2) is 3.92. The largest absolute Gasteiger partial charge is 0.453 e. The number of ketones is 1. The van der Waals surface area contributed by atoms with Crippen LogP contribution in [-0.4, -0.2) is 31.0 Å². The van der Waals surface area contributed by atoms with Crippen molar-refractivity contribution >= 4 is 11.9 Å². The summed E-state index contributed by atoms with van der Waals surface area (Å²) in [7, 11) is 1.20. The lowest BCUT2D eigenvalue weighted by atomic mass is 9.91. The molecule has 2 saturated carbocycles. The van der Waals surface area contributed by atoms with E-state index in [2.05, 4.69) is 10.1 Å². The highest BCUT2D eigenvalue weighted by molar-refractivity contribution is 5.85. The van der Waals surface area contributed by atoms with E-state index in [4.69, 9.17) is 0 Å². The SMILES string of the molecule is COC(=O)NC(C(C)=O)[C@H]1C[C@@H]2[C@H](C1)C2(F)F. The number of hydrogen-bond acceptors (Lipinski definition) is 3. The van der Waals surface area contributed by atoms with Gasteiger partial charge in [0.25, 0.3) is 5.92 Å². The van der Waals surface area contributed by atoms with Gasteiger partial charge in [0.1, 0.15) is 0 Å². The molecule has 0 heterocycles. The number of rotatable bonds is 3. The second-order valence-electron chi connectivity index (χ2n) is 4.84. The molecule has 0 aliphatic heterocycles. The smallest absolute Gasteiger partial charge is 0.407 e. The molecule has 2 rings (SSSR count). The lowest BCUT2D eigenvalue weighted by molar-refractivity contribution is -0.120. The van der Waals surface area contributed by atoms with Gasteiger partial charge in [-0.1, -0.05) is 0 Å². The van der Waals surface area contributed by atoms with Crippen molar-refractivity contribution in [2.45, 2.75) is 31.7 Å². The van der Waals surface area contributed by atoms with E-state index in [0.717, 1.165) is 0 Å². The molecule has 0 spiro atoms. The van der Waals surface area contributed by atoms with Gasteiger partial charge in [-0.15, -0.1) is 0 Å². The Balaban J connectivity index is 1.96. The Bertz CT molecular complexity index is 345. The van der Waals surface area contributed by atoms with Crippen LogP contribution in [0.2, 0.25) is 0 Å². The van der Waals surface area contributed by atoms with Crippen molar-refractivity contribution in [3.05, 3.63) is 0 Å². The summed E-state index contributed by atoms with van der Waals surface area (Å²) in [6, 6.07) is -0.703. The maximum atomic E-state index is 13.0. The van der Waals surface area contributed by atoms with Crippen molar-refractivity contribution < 1.29 is 23.1 Å². The summed E-state index contributed by atoms with van der Waals surface area (Å²) >= 11 is 0. The maximum Gasteiger partial charge on any atom is 0.407 e. The Hall–Kier alpha value is -1.20. The molecule has 4 atom stereocenters. The van der Waals surface area contributed by atoms with Gasteiger partial charge in [-0.3, -0.25) is 4.79 Å². The normalized spacial score (nSPS) is 34.7. The molecule has 0 radical (unpaired) electrons. The zero-order valence-corrected chi connectivity index (χ0v) is 9.70. The van der Waals surface area contributed by atoms with E-state index in [9.17, 15) is 18.4 Å². The number of fused-ring (bicyclic) bond motifs is 1.